The van der Waals surface area contributed by atoms with Crippen LogP contribution in [0.5, 0.6) is 0 Å². The average Bonchev–Trinajstić information content (AvgIpc) is 2.41. The summed E-state index contributed by atoms with van der Waals surface area (Å²) in [6, 6.07) is 10.4. The predicted octanol–water partition coefficient (Wildman–Crippen LogP) is 1.62. The molecular formula is C15H17BN3+. The van der Waals surface area contributed by atoms with Gasteiger partial charge < -0.3 is 0 Å². The van der Waals surface area contributed by atoms with Gasteiger partial charge in [-0.05, 0) is 31.3 Å². The zero-order valence-electron chi connectivity index (χ0n) is 11.5. The van der Waals surface area contributed by atoms with Crippen LogP contribution < -0.4 is 14.8 Å². The molecule has 0 fully saturated rings. The summed E-state index contributed by atoms with van der Waals surface area (Å²) in [5.41, 5.74) is 3.58. The molecule has 2 aromatic rings. The van der Waals surface area contributed by atoms with Crippen molar-refractivity contribution >= 4 is 24.2 Å². The van der Waals surface area contributed by atoms with Crippen molar-refractivity contribution in [3.63, 3.8) is 0 Å². The molecule has 0 aromatic carbocycles. The third-order valence-electron chi connectivity index (χ3n) is 3.71. The largest absolute Gasteiger partial charge is 0.411 e. The molecule has 0 saturated carbocycles. The number of rotatable bonds is 1. The fourth-order valence-corrected chi connectivity index (χ4v) is 2.76. The molecule has 3 nitrogen and oxygen atoms in total. The van der Waals surface area contributed by atoms with Crippen molar-refractivity contribution in [2.45, 2.75) is 13.7 Å². The van der Waals surface area contributed by atoms with Crippen LogP contribution in [0.25, 0.3) is 6.08 Å². The number of hydrogen-bond acceptors (Lipinski definition) is 2. The molecule has 1 aliphatic rings. The van der Waals surface area contributed by atoms with Gasteiger partial charge in [-0.3, -0.25) is 9.79 Å². The van der Waals surface area contributed by atoms with Gasteiger partial charge in [0.25, 0.3) is 5.82 Å². The van der Waals surface area contributed by atoms with Gasteiger partial charge in [0.15, 0.2) is 0 Å². The second kappa shape index (κ2) is 4.54. The first-order valence-electron chi connectivity index (χ1n) is 6.55. The number of aryl methyl sites for hydroxylation is 1. The van der Waals surface area contributed by atoms with E-state index in [-0.39, 0.29) is 0 Å². The minimum Gasteiger partial charge on any atom is -0.290 e. The lowest BCUT2D eigenvalue weighted by atomic mass is 9.54. The van der Waals surface area contributed by atoms with Crippen molar-refractivity contribution in [1.29, 1.82) is 0 Å². The van der Waals surface area contributed by atoms with Crippen LogP contribution in [-0.4, -0.2) is 11.8 Å². The monoisotopic (exact) mass is 250 g/mol. The van der Waals surface area contributed by atoms with Crippen LogP contribution >= 0.6 is 0 Å². The Hall–Kier alpha value is -2.10. The van der Waals surface area contributed by atoms with Crippen LogP contribution in [0, 0.1) is 0 Å². The van der Waals surface area contributed by atoms with E-state index in [0.29, 0.717) is 6.85 Å². The minimum absolute atomic E-state index is 0.294. The van der Waals surface area contributed by atoms with E-state index in [1.54, 1.807) is 0 Å². The van der Waals surface area contributed by atoms with Crippen molar-refractivity contribution < 1.29 is 4.57 Å². The number of nitrogens with zero attached hydrogens (tertiary/aromatic N) is 3. The Labute approximate surface area is 114 Å². The summed E-state index contributed by atoms with van der Waals surface area (Å²) >= 11 is 0. The van der Waals surface area contributed by atoms with Crippen LogP contribution in [-0.2, 0) is 7.05 Å². The maximum absolute atomic E-state index is 4.46. The molecule has 0 aliphatic carbocycles. The van der Waals surface area contributed by atoms with Crippen molar-refractivity contribution in [3.05, 3.63) is 54.1 Å². The number of anilines is 1. The lowest BCUT2D eigenvalue weighted by molar-refractivity contribution is -0.658. The molecule has 0 amide bonds. The number of hydrogen-bond donors (Lipinski definition) is 0. The highest BCUT2D eigenvalue weighted by atomic mass is 15.2. The van der Waals surface area contributed by atoms with Gasteiger partial charge in [0.2, 0.25) is 0 Å². The van der Waals surface area contributed by atoms with E-state index >= 15 is 0 Å². The molecule has 0 saturated heterocycles. The smallest absolute Gasteiger partial charge is 0.290 e. The molecule has 1 aliphatic heterocycles. The van der Waals surface area contributed by atoms with Crippen molar-refractivity contribution in [1.82, 2.24) is 4.98 Å². The standard InChI is InChI=1S/C15H17BN3/c1-12-11-14-13(7-6-9-17-14)16(2)19(12)15-8-4-5-10-18(15)3/h4-11H,1-3H3/q+1. The van der Waals surface area contributed by atoms with E-state index in [9.17, 15) is 0 Å². The number of aromatic nitrogens is 2. The lowest BCUT2D eigenvalue weighted by Gasteiger charge is -2.27. The fraction of sp³-hybridized carbons (Fsp3) is 0.200. The second-order valence-electron chi connectivity index (χ2n) is 4.98. The molecule has 2 aromatic heterocycles. The first-order valence-corrected chi connectivity index (χ1v) is 6.55. The number of pyridine rings is 2. The molecule has 94 valence electrons. The van der Waals surface area contributed by atoms with Gasteiger partial charge in [-0.25, -0.2) is 4.57 Å². The molecular weight excluding hydrogens is 233 g/mol. The van der Waals surface area contributed by atoms with Gasteiger partial charge in [-0.15, -0.1) is 0 Å². The van der Waals surface area contributed by atoms with Gasteiger partial charge in [0.05, 0.1) is 24.6 Å². The Kier molecular flexibility index (Phi) is 2.86. The molecule has 4 heteroatoms. The van der Waals surface area contributed by atoms with Gasteiger partial charge in [-0.1, -0.05) is 12.1 Å². The maximum atomic E-state index is 4.46. The van der Waals surface area contributed by atoms with E-state index in [1.165, 1.54) is 17.0 Å². The maximum Gasteiger partial charge on any atom is 0.411 e. The van der Waals surface area contributed by atoms with E-state index in [2.05, 4.69) is 65.6 Å². The highest BCUT2D eigenvalue weighted by Gasteiger charge is 2.36. The lowest BCUT2D eigenvalue weighted by Crippen LogP contribution is -2.53. The average molecular weight is 250 g/mol. The summed E-state index contributed by atoms with van der Waals surface area (Å²) in [6.07, 6.45) is 6.09. The number of allylic oxidation sites excluding steroid dienone is 1. The second-order valence-corrected chi connectivity index (χ2v) is 4.98. The minimum atomic E-state index is 0.294. The van der Waals surface area contributed by atoms with Gasteiger partial charge in [0.1, 0.15) is 0 Å². The van der Waals surface area contributed by atoms with E-state index < -0.39 is 0 Å². The normalized spacial score (nSPS) is 14.2. The molecule has 0 unspecified atom stereocenters. The molecule has 0 spiro atoms. The molecule has 0 bridgehead atoms. The molecule has 3 rings (SSSR count). The quantitative estimate of drug-likeness (QED) is 0.566. The van der Waals surface area contributed by atoms with Crippen molar-refractivity contribution in [2.24, 2.45) is 7.05 Å². The summed E-state index contributed by atoms with van der Waals surface area (Å²) < 4.78 is 2.15. The Morgan fingerprint density at radius 3 is 2.84 bits per heavy atom. The topological polar surface area (TPSA) is 20.0 Å². The Balaban J connectivity index is 2.13. The highest BCUT2D eigenvalue weighted by molar-refractivity contribution is 6.77. The Morgan fingerprint density at radius 1 is 1.21 bits per heavy atom. The summed E-state index contributed by atoms with van der Waals surface area (Å²) in [5, 5.41) is 0. The van der Waals surface area contributed by atoms with Gasteiger partial charge in [0, 0.05) is 18.3 Å². The Bertz CT molecular complexity index is 651. The zero-order chi connectivity index (χ0) is 13.4. The van der Waals surface area contributed by atoms with E-state index in [1.807, 2.05) is 18.3 Å². The zero-order valence-corrected chi connectivity index (χ0v) is 11.5. The van der Waals surface area contributed by atoms with Crippen LogP contribution in [0.2, 0.25) is 6.82 Å². The molecule has 19 heavy (non-hydrogen) atoms. The highest BCUT2D eigenvalue weighted by Crippen LogP contribution is 2.22. The predicted molar refractivity (Wildman–Crippen MR) is 79.2 cm³/mol. The van der Waals surface area contributed by atoms with Crippen molar-refractivity contribution in [3.8, 4) is 0 Å². The van der Waals surface area contributed by atoms with E-state index in [4.69, 9.17) is 0 Å². The molecule has 0 radical (unpaired) electrons. The SMILES string of the molecule is CB1c2cccnc2C=C(C)N1c1cccc[n+]1C. The van der Waals surface area contributed by atoms with Crippen LogP contribution in [0.3, 0.4) is 0 Å². The number of fused-ring (bicyclic) bond motifs is 1. The summed E-state index contributed by atoms with van der Waals surface area (Å²) in [7, 11) is 2.08. The third-order valence-corrected chi connectivity index (χ3v) is 3.71. The van der Waals surface area contributed by atoms with Crippen LogP contribution in [0.1, 0.15) is 12.6 Å². The van der Waals surface area contributed by atoms with Crippen LogP contribution in [0.4, 0.5) is 5.82 Å². The van der Waals surface area contributed by atoms with Crippen molar-refractivity contribution in [2.75, 3.05) is 4.81 Å². The first-order chi connectivity index (χ1) is 9.18. The summed E-state index contributed by atoms with van der Waals surface area (Å²) in [4.78, 5) is 6.81. The fourth-order valence-electron chi connectivity index (χ4n) is 2.76. The first kappa shape index (κ1) is 12.0. The molecule has 3 heterocycles. The van der Waals surface area contributed by atoms with E-state index in [0.717, 1.165) is 5.69 Å². The summed E-state index contributed by atoms with van der Waals surface area (Å²) in [5.74, 6) is 1.19. The van der Waals surface area contributed by atoms with Gasteiger partial charge >= 0.3 is 6.85 Å². The van der Waals surface area contributed by atoms with Crippen LogP contribution in [0.15, 0.2) is 48.4 Å². The third kappa shape index (κ3) is 1.93. The Morgan fingerprint density at radius 2 is 2.05 bits per heavy atom. The van der Waals surface area contributed by atoms with Gasteiger partial charge in [-0.2, -0.15) is 0 Å². The summed E-state index contributed by atoms with van der Waals surface area (Å²) in [6.45, 7) is 4.66. The molecule has 0 atom stereocenters. The molecule has 0 N–H and O–H groups in total.